The summed E-state index contributed by atoms with van der Waals surface area (Å²) in [5.41, 5.74) is 5.41. The molecular formula is C48H36N4O3Pt. The average Bonchev–Trinajstić information content (AvgIpc) is 3.82. The molecule has 6 aromatic carbocycles. The molecule has 0 amide bonds. The summed E-state index contributed by atoms with van der Waals surface area (Å²) in [6.07, 6.45) is 5.62. The fourth-order valence-electron chi connectivity index (χ4n) is 6.71. The van der Waals surface area contributed by atoms with Crippen LogP contribution in [0.3, 0.4) is 0 Å². The van der Waals surface area contributed by atoms with Crippen molar-refractivity contribution in [3.05, 3.63) is 182 Å². The second-order valence-electron chi connectivity index (χ2n) is 14.2. The van der Waals surface area contributed by atoms with Crippen LogP contribution in [0.5, 0.6) is 34.5 Å². The van der Waals surface area contributed by atoms with Crippen molar-refractivity contribution < 1.29 is 35.3 Å². The van der Waals surface area contributed by atoms with Gasteiger partial charge in [-0.3, -0.25) is 4.68 Å². The first-order valence-corrected chi connectivity index (χ1v) is 18.1. The summed E-state index contributed by atoms with van der Waals surface area (Å²) < 4.78 is 23.2. The van der Waals surface area contributed by atoms with Crippen LogP contribution < -0.4 is 14.2 Å². The first kappa shape index (κ1) is 36.5. The number of rotatable bonds is 9. The molecule has 0 aliphatic rings. The molecule has 0 spiro atoms. The van der Waals surface area contributed by atoms with Crippen molar-refractivity contribution in [1.82, 2.24) is 19.3 Å². The van der Waals surface area contributed by atoms with E-state index in [9.17, 15) is 0 Å². The van der Waals surface area contributed by atoms with Crippen LogP contribution in [0.4, 0.5) is 0 Å². The molecular weight excluding hydrogens is 876 g/mol. The van der Waals surface area contributed by atoms with Crippen LogP contribution in [-0.4, -0.2) is 19.3 Å². The van der Waals surface area contributed by atoms with Crippen molar-refractivity contribution in [2.24, 2.45) is 0 Å². The molecule has 56 heavy (non-hydrogen) atoms. The number of ether oxygens (including phenoxy) is 3. The number of benzene rings is 6. The standard InChI is InChI=1S/C48H36N4O3.Pt/c1-48(2,3)34-26-27-49-46(28-34)52-42-21-11-10-20-40(42)41-25-24-39(30-43(41)52)53-38-19-12-14-35(29-38)51-32-33(31-50-51)47-44(54-36-15-6-4-7-16-36)22-13-23-45(47)55-37-17-8-5-9-18-37;/h4-28,31-32H,1-3H3;/q-2;+2. The normalized spacial score (nSPS) is 11.3. The van der Waals surface area contributed by atoms with Gasteiger partial charge in [-0.05, 0) is 76.6 Å². The summed E-state index contributed by atoms with van der Waals surface area (Å²) in [6.45, 7) is 6.63. The number of hydrogen-bond donors (Lipinski definition) is 0. The molecule has 0 radical (unpaired) electrons. The smallest absolute Gasteiger partial charge is 0.509 e. The van der Waals surface area contributed by atoms with Gasteiger partial charge in [-0.15, -0.1) is 35.7 Å². The molecule has 0 fully saturated rings. The molecule has 9 aromatic rings. The van der Waals surface area contributed by atoms with E-state index in [4.69, 9.17) is 24.3 Å². The number of para-hydroxylation sites is 3. The van der Waals surface area contributed by atoms with Crippen molar-refractivity contribution in [2.45, 2.75) is 26.2 Å². The molecule has 9 rings (SSSR count). The number of hydrogen-bond acceptors (Lipinski definition) is 5. The minimum absolute atomic E-state index is 0. The van der Waals surface area contributed by atoms with Gasteiger partial charge in [0.05, 0.1) is 11.8 Å². The number of nitrogens with zero attached hydrogens (tertiary/aromatic N) is 4. The van der Waals surface area contributed by atoms with Gasteiger partial charge in [0.15, 0.2) is 0 Å². The predicted molar refractivity (Wildman–Crippen MR) is 217 cm³/mol. The van der Waals surface area contributed by atoms with Gasteiger partial charge in [-0.1, -0.05) is 87.0 Å². The Kier molecular flexibility index (Phi) is 10.0. The third kappa shape index (κ3) is 7.34. The molecule has 8 heteroatoms. The first-order valence-electron chi connectivity index (χ1n) is 18.1. The van der Waals surface area contributed by atoms with Gasteiger partial charge in [0, 0.05) is 35.0 Å². The molecule has 0 atom stereocenters. The molecule has 0 N–H and O–H groups in total. The quantitative estimate of drug-likeness (QED) is 0.135. The SMILES string of the molecule is CC(C)(C)c1ccnc(-n2c3[c-]c(Oc4[c-]c(-n5cc(-c6c(Oc7ccccc7)cccc6Oc6ccccc6)cn5)ccc4)ccc3c3ccccc32)c1.[Pt+2]. The molecule has 7 nitrogen and oxygen atoms in total. The van der Waals surface area contributed by atoms with Gasteiger partial charge in [-0.2, -0.15) is 17.2 Å². The Morgan fingerprint density at radius 3 is 1.98 bits per heavy atom. The third-order valence-corrected chi connectivity index (χ3v) is 9.42. The van der Waals surface area contributed by atoms with Crippen molar-refractivity contribution in [1.29, 1.82) is 0 Å². The zero-order valence-corrected chi connectivity index (χ0v) is 33.2. The number of aromatic nitrogens is 4. The minimum Gasteiger partial charge on any atom is -0.509 e. The summed E-state index contributed by atoms with van der Waals surface area (Å²) >= 11 is 0. The van der Waals surface area contributed by atoms with E-state index in [-0.39, 0.29) is 26.5 Å². The maximum Gasteiger partial charge on any atom is 2.00 e. The summed E-state index contributed by atoms with van der Waals surface area (Å²) in [6, 6.07) is 54.5. The van der Waals surface area contributed by atoms with Crippen LogP contribution in [0.2, 0.25) is 0 Å². The molecule has 0 bridgehead atoms. The zero-order chi connectivity index (χ0) is 37.4. The fraction of sp³-hybridized carbons (Fsp3) is 0.0833. The predicted octanol–water partition coefficient (Wildman–Crippen LogP) is 12.3. The van der Waals surface area contributed by atoms with Crippen LogP contribution in [0.15, 0.2) is 164 Å². The van der Waals surface area contributed by atoms with Crippen LogP contribution in [0.25, 0.3) is 44.4 Å². The van der Waals surface area contributed by atoms with Crippen molar-refractivity contribution in [3.63, 3.8) is 0 Å². The maximum atomic E-state index is 6.45. The Morgan fingerprint density at radius 1 is 0.607 bits per heavy atom. The molecule has 0 aliphatic carbocycles. The first-order chi connectivity index (χ1) is 26.9. The van der Waals surface area contributed by atoms with E-state index in [0.29, 0.717) is 28.7 Å². The van der Waals surface area contributed by atoms with Gasteiger partial charge in [-0.25, -0.2) is 4.98 Å². The van der Waals surface area contributed by atoms with Crippen LogP contribution in [-0.2, 0) is 26.5 Å². The minimum atomic E-state index is -0.0256. The Hall–Kier alpha value is -6.43. The average molecular weight is 912 g/mol. The summed E-state index contributed by atoms with van der Waals surface area (Å²) in [5.74, 6) is 4.65. The number of fused-ring (bicyclic) bond motifs is 3. The Morgan fingerprint density at radius 2 is 1.27 bits per heavy atom. The van der Waals surface area contributed by atoms with Crippen LogP contribution >= 0.6 is 0 Å². The second-order valence-corrected chi connectivity index (χ2v) is 14.2. The van der Waals surface area contributed by atoms with E-state index < -0.39 is 0 Å². The third-order valence-electron chi connectivity index (χ3n) is 9.42. The van der Waals surface area contributed by atoms with E-state index in [1.165, 1.54) is 5.56 Å². The molecule has 0 unspecified atom stereocenters. The largest absolute Gasteiger partial charge is 2.00 e. The summed E-state index contributed by atoms with van der Waals surface area (Å²) in [5, 5.41) is 6.94. The Labute approximate surface area is 340 Å². The van der Waals surface area contributed by atoms with E-state index in [1.807, 2.05) is 116 Å². The van der Waals surface area contributed by atoms with Gasteiger partial charge in [0.25, 0.3) is 0 Å². The molecule has 0 aliphatic heterocycles. The summed E-state index contributed by atoms with van der Waals surface area (Å²) in [7, 11) is 0. The topological polar surface area (TPSA) is 63.3 Å². The van der Waals surface area contributed by atoms with E-state index in [0.717, 1.165) is 50.2 Å². The Bertz CT molecular complexity index is 2730. The van der Waals surface area contributed by atoms with Gasteiger partial charge < -0.3 is 18.8 Å². The molecule has 0 saturated heterocycles. The van der Waals surface area contributed by atoms with E-state index in [2.05, 4.69) is 79.9 Å². The monoisotopic (exact) mass is 911 g/mol. The van der Waals surface area contributed by atoms with Crippen LogP contribution in [0.1, 0.15) is 26.3 Å². The fourth-order valence-corrected chi connectivity index (χ4v) is 6.71. The van der Waals surface area contributed by atoms with Gasteiger partial charge in [0.2, 0.25) is 0 Å². The molecule has 3 aromatic heterocycles. The van der Waals surface area contributed by atoms with E-state index >= 15 is 0 Å². The van der Waals surface area contributed by atoms with Gasteiger partial charge in [0.1, 0.15) is 28.8 Å². The van der Waals surface area contributed by atoms with E-state index in [1.54, 1.807) is 10.9 Å². The van der Waals surface area contributed by atoms with Crippen molar-refractivity contribution in [3.8, 4) is 57.1 Å². The number of pyridine rings is 1. The second kappa shape index (κ2) is 15.4. The maximum absolute atomic E-state index is 6.45. The Balaban J connectivity index is 0.00000441. The summed E-state index contributed by atoms with van der Waals surface area (Å²) in [4.78, 5) is 4.80. The van der Waals surface area contributed by atoms with Crippen molar-refractivity contribution in [2.75, 3.05) is 0 Å². The van der Waals surface area contributed by atoms with Crippen molar-refractivity contribution >= 4 is 21.8 Å². The zero-order valence-electron chi connectivity index (χ0n) is 30.9. The molecule has 3 heterocycles. The molecule has 276 valence electrons. The van der Waals surface area contributed by atoms with Gasteiger partial charge >= 0.3 is 21.1 Å². The molecule has 0 saturated carbocycles. The van der Waals surface area contributed by atoms with Crippen LogP contribution in [0, 0.1) is 12.1 Å².